The standard InChI is InChI=1S/C25H23NO7/c1-3-31-25(29)18-13-26-24(28)22-17(12-21(27)33-23(18)22)16-9-10-19(30-2)20(11-16)32-14-15-7-5-4-6-8-15/h4-11,13,17H,3,12,14H2,1-2H3,(H,26,28). The molecule has 2 heterocycles. The topological polar surface area (TPSA) is 104 Å². The first-order chi connectivity index (χ1) is 16.0. The molecule has 1 aliphatic heterocycles. The third-order valence-corrected chi connectivity index (χ3v) is 5.34. The predicted molar refractivity (Wildman–Crippen MR) is 119 cm³/mol. The zero-order chi connectivity index (χ0) is 23.4. The number of methoxy groups -OCH3 is 1. The predicted octanol–water partition coefficient (Wildman–Crippen LogP) is 3.58. The summed E-state index contributed by atoms with van der Waals surface area (Å²) in [7, 11) is 1.54. The quantitative estimate of drug-likeness (QED) is 0.550. The van der Waals surface area contributed by atoms with Gasteiger partial charge in [0.2, 0.25) is 0 Å². The zero-order valence-electron chi connectivity index (χ0n) is 18.3. The zero-order valence-corrected chi connectivity index (χ0v) is 18.3. The summed E-state index contributed by atoms with van der Waals surface area (Å²) in [6.07, 6.45) is 1.14. The van der Waals surface area contributed by atoms with E-state index >= 15 is 0 Å². The number of fused-ring (bicyclic) bond motifs is 1. The molecule has 0 bridgehead atoms. The average molecular weight is 449 g/mol. The Morgan fingerprint density at radius 1 is 1.12 bits per heavy atom. The Labute approximate surface area is 190 Å². The molecule has 0 saturated carbocycles. The maximum atomic E-state index is 12.8. The number of hydrogen-bond acceptors (Lipinski definition) is 7. The van der Waals surface area contributed by atoms with Gasteiger partial charge in [-0.15, -0.1) is 0 Å². The highest BCUT2D eigenvalue weighted by Crippen LogP contribution is 2.41. The first kappa shape index (κ1) is 22.1. The van der Waals surface area contributed by atoms with Crippen molar-refractivity contribution >= 4 is 11.9 Å². The number of aromatic nitrogens is 1. The average Bonchev–Trinajstić information content (AvgIpc) is 2.83. The van der Waals surface area contributed by atoms with Gasteiger partial charge in [0.15, 0.2) is 17.2 Å². The Balaban J connectivity index is 1.74. The molecule has 1 aliphatic rings. The van der Waals surface area contributed by atoms with Crippen LogP contribution in [0.25, 0.3) is 0 Å². The van der Waals surface area contributed by atoms with E-state index in [1.807, 2.05) is 30.3 Å². The molecule has 0 saturated heterocycles. The van der Waals surface area contributed by atoms with Crippen LogP contribution in [-0.2, 0) is 16.1 Å². The molecule has 0 amide bonds. The van der Waals surface area contributed by atoms with E-state index in [2.05, 4.69) is 4.98 Å². The number of H-pyrrole nitrogens is 1. The van der Waals surface area contributed by atoms with Gasteiger partial charge in [0.05, 0.1) is 25.7 Å². The van der Waals surface area contributed by atoms with Gasteiger partial charge in [-0.1, -0.05) is 36.4 Å². The molecule has 0 aliphatic carbocycles. The highest BCUT2D eigenvalue weighted by molar-refractivity contribution is 5.94. The van der Waals surface area contributed by atoms with Crippen molar-refractivity contribution in [3.63, 3.8) is 0 Å². The Morgan fingerprint density at radius 3 is 2.64 bits per heavy atom. The van der Waals surface area contributed by atoms with E-state index in [4.69, 9.17) is 18.9 Å². The third-order valence-electron chi connectivity index (χ3n) is 5.34. The van der Waals surface area contributed by atoms with Crippen LogP contribution in [0.3, 0.4) is 0 Å². The van der Waals surface area contributed by atoms with E-state index in [-0.39, 0.29) is 29.9 Å². The van der Waals surface area contributed by atoms with Gasteiger partial charge in [0.25, 0.3) is 5.56 Å². The number of carbonyl (C=O) groups excluding carboxylic acids is 2. The first-order valence-corrected chi connectivity index (χ1v) is 10.5. The van der Waals surface area contributed by atoms with Crippen LogP contribution >= 0.6 is 0 Å². The number of aromatic amines is 1. The van der Waals surface area contributed by atoms with Crippen LogP contribution in [0.2, 0.25) is 0 Å². The summed E-state index contributed by atoms with van der Waals surface area (Å²) < 4.78 is 21.8. The summed E-state index contributed by atoms with van der Waals surface area (Å²) in [6, 6.07) is 14.9. The van der Waals surface area contributed by atoms with E-state index in [0.29, 0.717) is 23.7 Å². The van der Waals surface area contributed by atoms with Gasteiger partial charge in [-0.25, -0.2) is 4.79 Å². The monoisotopic (exact) mass is 449 g/mol. The van der Waals surface area contributed by atoms with E-state index in [9.17, 15) is 14.4 Å². The SMILES string of the molecule is CCOC(=O)c1c[nH]c(=O)c2c1OC(=O)CC2c1ccc(OC)c(OCc2ccccc2)c1. The normalized spacial score (nSPS) is 14.7. The van der Waals surface area contributed by atoms with Crippen molar-refractivity contribution in [3.8, 4) is 17.2 Å². The molecule has 1 atom stereocenters. The van der Waals surface area contributed by atoms with Crippen molar-refractivity contribution in [2.45, 2.75) is 25.9 Å². The van der Waals surface area contributed by atoms with Gasteiger partial charge in [0, 0.05) is 12.1 Å². The number of hydrogen-bond donors (Lipinski definition) is 1. The molecule has 33 heavy (non-hydrogen) atoms. The maximum absolute atomic E-state index is 12.8. The second-order valence-electron chi connectivity index (χ2n) is 7.41. The summed E-state index contributed by atoms with van der Waals surface area (Å²) in [5, 5.41) is 0. The van der Waals surface area contributed by atoms with Gasteiger partial charge >= 0.3 is 11.9 Å². The fourth-order valence-electron chi connectivity index (χ4n) is 3.78. The number of nitrogens with one attached hydrogen (secondary N) is 1. The molecule has 0 spiro atoms. The van der Waals surface area contributed by atoms with Crippen LogP contribution in [-0.4, -0.2) is 30.6 Å². The number of benzene rings is 2. The van der Waals surface area contributed by atoms with Gasteiger partial charge < -0.3 is 23.9 Å². The second-order valence-corrected chi connectivity index (χ2v) is 7.41. The lowest BCUT2D eigenvalue weighted by Gasteiger charge is -2.25. The van der Waals surface area contributed by atoms with Gasteiger partial charge in [-0.05, 0) is 30.2 Å². The van der Waals surface area contributed by atoms with Crippen molar-refractivity contribution in [1.82, 2.24) is 4.98 Å². The summed E-state index contributed by atoms with van der Waals surface area (Å²) >= 11 is 0. The van der Waals surface area contributed by atoms with Crippen LogP contribution in [0, 0.1) is 0 Å². The number of ether oxygens (including phenoxy) is 4. The largest absolute Gasteiger partial charge is 0.493 e. The van der Waals surface area contributed by atoms with Crippen molar-refractivity contribution in [3.05, 3.63) is 87.3 Å². The van der Waals surface area contributed by atoms with E-state index in [1.165, 1.54) is 13.3 Å². The molecule has 170 valence electrons. The van der Waals surface area contributed by atoms with E-state index < -0.39 is 23.4 Å². The highest BCUT2D eigenvalue weighted by Gasteiger charge is 2.35. The maximum Gasteiger partial charge on any atom is 0.343 e. The molecule has 4 rings (SSSR count). The molecule has 8 heteroatoms. The summed E-state index contributed by atoms with van der Waals surface area (Å²) in [4.78, 5) is 40.1. The molecule has 1 N–H and O–H groups in total. The van der Waals surface area contributed by atoms with Gasteiger partial charge in [-0.3, -0.25) is 9.59 Å². The minimum absolute atomic E-state index is 0.00133. The van der Waals surface area contributed by atoms with Crippen molar-refractivity contribution in [1.29, 1.82) is 0 Å². The fourth-order valence-corrected chi connectivity index (χ4v) is 3.78. The fraction of sp³-hybridized carbons (Fsp3) is 0.240. The highest BCUT2D eigenvalue weighted by atomic mass is 16.5. The third kappa shape index (κ3) is 4.59. The molecule has 3 aromatic rings. The smallest absolute Gasteiger partial charge is 0.343 e. The lowest BCUT2D eigenvalue weighted by Crippen LogP contribution is -2.30. The van der Waals surface area contributed by atoms with Crippen LogP contribution < -0.4 is 19.8 Å². The molecule has 0 radical (unpaired) electrons. The summed E-state index contributed by atoms with van der Waals surface area (Å²) in [5.41, 5.74) is 1.38. The Kier molecular flexibility index (Phi) is 6.44. The lowest BCUT2D eigenvalue weighted by molar-refractivity contribution is -0.135. The molecule has 0 fully saturated rings. The molecule has 2 aromatic carbocycles. The molecule has 8 nitrogen and oxygen atoms in total. The van der Waals surface area contributed by atoms with Crippen LogP contribution in [0.1, 0.15) is 46.3 Å². The van der Waals surface area contributed by atoms with Crippen LogP contribution in [0.4, 0.5) is 0 Å². The molecular weight excluding hydrogens is 426 g/mol. The van der Waals surface area contributed by atoms with Gasteiger partial charge in [-0.2, -0.15) is 0 Å². The van der Waals surface area contributed by atoms with Crippen molar-refractivity contribution in [2.75, 3.05) is 13.7 Å². The number of pyridine rings is 1. The van der Waals surface area contributed by atoms with Crippen molar-refractivity contribution < 1.29 is 28.5 Å². The summed E-state index contributed by atoms with van der Waals surface area (Å²) in [5.74, 6) is -0.948. The van der Waals surface area contributed by atoms with Crippen molar-refractivity contribution in [2.24, 2.45) is 0 Å². The Morgan fingerprint density at radius 2 is 1.91 bits per heavy atom. The second kappa shape index (κ2) is 9.60. The summed E-state index contributed by atoms with van der Waals surface area (Å²) in [6.45, 7) is 2.13. The lowest BCUT2D eigenvalue weighted by atomic mass is 9.86. The number of carbonyl (C=O) groups is 2. The first-order valence-electron chi connectivity index (χ1n) is 10.5. The minimum Gasteiger partial charge on any atom is -0.493 e. The Bertz CT molecular complexity index is 1230. The van der Waals surface area contributed by atoms with Crippen LogP contribution in [0.5, 0.6) is 17.2 Å². The van der Waals surface area contributed by atoms with E-state index in [1.54, 1.807) is 25.1 Å². The van der Waals surface area contributed by atoms with E-state index in [0.717, 1.165) is 5.56 Å². The minimum atomic E-state index is -0.680. The molecular formula is C25H23NO7. The van der Waals surface area contributed by atoms with Crippen LogP contribution in [0.15, 0.2) is 59.5 Å². The number of esters is 2. The molecule has 1 unspecified atom stereocenters. The van der Waals surface area contributed by atoms with Gasteiger partial charge in [0.1, 0.15) is 12.2 Å². The Hall–Kier alpha value is -4.07. The molecule has 1 aromatic heterocycles. The number of rotatable bonds is 7.